The second-order valence-electron chi connectivity index (χ2n) is 5.61. The van der Waals surface area contributed by atoms with Gasteiger partial charge < -0.3 is 15.0 Å². The summed E-state index contributed by atoms with van der Waals surface area (Å²) in [6.45, 7) is 0.315. The van der Waals surface area contributed by atoms with E-state index in [1.54, 1.807) is 6.07 Å². The minimum atomic E-state index is -0.390. The summed E-state index contributed by atoms with van der Waals surface area (Å²) >= 11 is 11.7. The summed E-state index contributed by atoms with van der Waals surface area (Å²) < 4.78 is 1.93. The van der Waals surface area contributed by atoms with Crippen LogP contribution in [0.25, 0.3) is 5.65 Å². The van der Waals surface area contributed by atoms with Crippen molar-refractivity contribution < 1.29 is 9.59 Å². The maximum absolute atomic E-state index is 12.0. The lowest BCUT2D eigenvalue weighted by Gasteiger charge is -2.07. The first-order chi connectivity index (χ1) is 12.5. The van der Waals surface area contributed by atoms with Crippen LogP contribution in [-0.4, -0.2) is 34.3 Å². The number of rotatable bonds is 6. The maximum atomic E-state index is 12.0. The molecule has 26 heavy (non-hydrogen) atoms. The molecule has 134 valence electrons. The Kier molecular flexibility index (Phi) is 5.75. The van der Waals surface area contributed by atoms with Crippen LogP contribution in [0.2, 0.25) is 10.0 Å². The van der Waals surface area contributed by atoms with E-state index in [0.29, 0.717) is 23.6 Å². The molecule has 3 rings (SSSR count). The Labute approximate surface area is 160 Å². The van der Waals surface area contributed by atoms with Crippen LogP contribution < -0.4 is 10.6 Å². The summed E-state index contributed by atoms with van der Waals surface area (Å²) in [4.78, 5) is 28.3. The van der Waals surface area contributed by atoms with E-state index in [9.17, 15) is 9.59 Å². The van der Waals surface area contributed by atoms with Gasteiger partial charge >= 0.3 is 0 Å². The predicted molar refractivity (Wildman–Crippen MR) is 101 cm³/mol. The molecule has 0 atom stereocenters. The zero-order chi connectivity index (χ0) is 18.5. The normalized spacial score (nSPS) is 10.7. The summed E-state index contributed by atoms with van der Waals surface area (Å²) in [6, 6.07) is 10.3. The summed E-state index contributed by atoms with van der Waals surface area (Å²) in [5.74, 6) is -0.666. The van der Waals surface area contributed by atoms with Gasteiger partial charge in [0.25, 0.3) is 5.91 Å². The number of benzene rings is 1. The zero-order valence-corrected chi connectivity index (χ0v) is 15.2. The van der Waals surface area contributed by atoms with Crippen LogP contribution in [0.5, 0.6) is 0 Å². The smallest absolute Gasteiger partial charge is 0.251 e. The molecule has 0 unspecified atom stereocenters. The molecule has 8 heteroatoms. The van der Waals surface area contributed by atoms with Gasteiger partial charge in [-0.05, 0) is 30.3 Å². The van der Waals surface area contributed by atoms with Crippen LogP contribution in [-0.2, 0) is 11.2 Å². The molecule has 0 fully saturated rings. The topological polar surface area (TPSA) is 75.5 Å². The number of hydrogen-bond acceptors (Lipinski definition) is 3. The Morgan fingerprint density at radius 3 is 2.69 bits per heavy atom. The van der Waals surface area contributed by atoms with Gasteiger partial charge in [-0.25, -0.2) is 4.98 Å². The van der Waals surface area contributed by atoms with Crippen molar-refractivity contribution in [3.05, 3.63) is 70.1 Å². The number of nitrogens with one attached hydrogen (secondary N) is 2. The molecule has 2 amide bonds. The van der Waals surface area contributed by atoms with E-state index in [0.717, 1.165) is 11.3 Å². The number of hydrogen-bond donors (Lipinski definition) is 2. The highest BCUT2D eigenvalue weighted by Crippen LogP contribution is 2.22. The van der Waals surface area contributed by atoms with Crippen molar-refractivity contribution >= 4 is 40.7 Å². The van der Waals surface area contributed by atoms with Gasteiger partial charge in [0, 0.05) is 30.9 Å². The SMILES string of the molecule is O=C(CNC(=O)c1ccc(Cl)c(Cl)c1)NCCc1cn2ccccc2n1. The van der Waals surface area contributed by atoms with E-state index in [1.165, 1.54) is 12.1 Å². The fraction of sp³-hybridized carbons (Fsp3) is 0.167. The van der Waals surface area contributed by atoms with Crippen LogP contribution in [0, 0.1) is 0 Å². The second kappa shape index (κ2) is 8.21. The van der Waals surface area contributed by atoms with Gasteiger partial charge in [-0.15, -0.1) is 0 Å². The van der Waals surface area contributed by atoms with Gasteiger partial charge in [0.1, 0.15) is 5.65 Å². The van der Waals surface area contributed by atoms with Gasteiger partial charge in [0.15, 0.2) is 0 Å². The van der Waals surface area contributed by atoms with Gasteiger partial charge in [-0.1, -0.05) is 29.3 Å². The molecule has 0 saturated carbocycles. The molecule has 0 spiro atoms. The van der Waals surface area contributed by atoms with E-state index in [1.807, 2.05) is 35.0 Å². The van der Waals surface area contributed by atoms with Crippen LogP contribution in [0.4, 0.5) is 0 Å². The maximum Gasteiger partial charge on any atom is 0.251 e. The van der Waals surface area contributed by atoms with Gasteiger partial charge in [-0.2, -0.15) is 0 Å². The Morgan fingerprint density at radius 1 is 1.08 bits per heavy atom. The molecule has 0 aliphatic rings. The third kappa shape index (κ3) is 4.53. The Bertz CT molecular complexity index is 922. The summed E-state index contributed by atoms with van der Waals surface area (Å²) in [5.41, 5.74) is 2.09. The van der Waals surface area contributed by atoms with E-state index in [-0.39, 0.29) is 23.4 Å². The number of imidazole rings is 1. The van der Waals surface area contributed by atoms with Crippen molar-refractivity contribution in [2.24, 2.45) is 0 Å². The lowest BCUT2D eigenvalue weighted by molar-refractivity contribution is -0.120. The molecule has 0 radical (unpaired) electrons. The lowest BCUT2D eigenvalue weighted by atomic mass is 10.2. The average Bonchev–Trinajstić information content (AvgIpc) is 3.04. The lowest BCUT2D eigenvalue weighted by Crippen LogP contribution is -2.37. The number of fused-ring (bicyclic) bond motifs is 1. The largest absolute Gasteiger partial charge is 0.354 e. The number of carbonyl (C=O) groups is 2. The number of nitrogens with zero attached hydrogens (tertiary/aromatic N) is 2. The fourth-order valence-corrected chi connectivity index (χ4v) is 2.70. The van der Waals surface area contributed by atoms with Crippen molar-refractivity contribution in [3.8, 4) is 0 Å². The van der Waals surface area contributed by atoms with E-state index in [2.05, 4.69) is 15.6 Å². The number of amides is 2. The zero-order valence-electron chi connectivity index (χ0n) is 13.7. The third-order valence-electron chi connectivity index (χ3n) is 3.71. The van der Waals surface area contributed by atoms with Gasteiger partial charge in [0.2, 0.25) is 5.91 Å². The van der Waals surface area contributed by atoms with Crippen molar-refractivity contribution in [3.63, 3.8) is 0 Å². The highest BCUT2D eigenvalue weighted by molar-refractivity contribution is 6.42. The molecule has 2 N–H and O–H groups in total. The molecular weight excluding hydrogens is 375 g/mol. The van der Waals surface area contributed by atoms with Crippen molar-refractivity contribution in [2.75, 3.05) is 13.1 Å². The Balaban J connectivity index is 1.43. The minimum Gasteiger partial charge on any atom is -0.354 e. The highest BCUT2D eigenvalue weighted by Gasteiger charge is 2.10. The molecule has 0 bridgehead atoms. The van der Waals surface area contributed by atoms with Gasteiger partial charge in [0.05, 0.1) is 22.3 Å². The number of pyridine rings is 1. The van der Waals surface area contributed by atoms with E-state index in [4.69, 9.17) is 23.2 Å². The predicted octanol–water partition coefficient (Wildman–Crippen LogP) is 2.73. The van der Waals surface area contributed by atoms with Crippen LogP contribution >= 0.6 is 23.2 Å². The summed E-state index contributed by atoms with van der Waals surface area (Å²) in [7, 11) is 0. The van der Waals surface area contributed by atoms with Crippen LogP contribution in [0.15, 0.2) is 48.8 Å². The molecule has 1 aromatic carbocycles. The van der Waals surface area contributed by atoms with Crippen molar-refractivity contribution in [2.45, 2.75) is 6.42 Å². The van der Waals surface area contributed by atoms with E-state index >= 15 is 0 Å². The quantitative estimate of drug-likeness (QED) is 0.679. The number of aromatic nitrogens is 2. The molecular formula is C18H16Cl2N4O2. The number of halogens is 2. The van der Waals surface area contributed by atoms with Crippen molar-refractivity contribution in [1.29, 1.82) is 0 Å². The molecule has 0 aliphatic heterocycles. The second-order valence-corrected chi connectivity index (χ2v) is 6.42. The average molecular weight is 391 g/mol. The van der Waals surface area contributed by atoms with Crippen LogP contribution in [0.3, 0.4) is 0 Å². The third-order valence-corrected chi connectivity index (χ3v) is 4.45. The summed E-state index contributed by atoms with van der Waals surface area (Å²) in [6.07, 6.45) is 4.45. The van der Waals surface area contributed by atoms with Gasteiger partial charge in [-0.3, -0.25) is 9.59 Å². The van der Waals surface area contributed by atoms with E-state index < -0.39 is 0 Å². The highest BCUT2D eigenvalue weighted by atomic mass is 35.5. The molecule has 3 aromatic rings. The van der Waals surface area contributed by atoms with Crippen LogP contribution in [0.1, 0.15) is 16.1 Å². The molecule has 0 saturated heterocycles. The summed E-state index contributed by atoms with van der Waals surface area (Å²) in [5, 5.41) is 5.95. The molecule has 2 aromatic heterocycles. The van der Waals surface area contributed by atoms with Crippen molar-refractivity contribution in [1.82, 2.24) is 20.0 Å². The molecule has 2 heterocycles. The monoisotopic (exact) mass is 390 g/mol. The number of carbonyl (C=O) groups excluding carboxylic acids is 2. The Hall–Kier alpha value is -2.57. The minimum absolute atomic E-state index is 0.121. The standard InChI is InChI=1S/C18H16Cl2N4O2/c19-14-5-4-12(9-15(14)20)18(26)22-10-17(25)21-7-6-13-11-24-8-2-1-3-16(24)23-13/h1-5,8-9,11H,6-7,10H2,(H,21,25)(H,22,26). The first-order valence-electron chi connectivity index (χ1n) is 7.95. The molecule has 6 nitrogen and oxygen atoms in total. The fourth-order valence-electron chi connectivity index (χ4n) is 2.40. The molecule has 0 aliphatic carbocycles. The first-order valence-corrected chi connectivity index (χ1v) is 8.71. The first kappa shape index (κ1) is 18.2. The Morgan fingerprint density at radius 2 is 1.92 bits per heavy atom.